The van der Waals surface area contributed by atoms with E-state index in [4.69, 9.17) is 11.6 Å². The average molecular weight is 148 g/mol. The summed E-state index contributed by atoms with van der Waals surface area (Å²) in [6, 6.07) is 0. The second-order valence-electron chi connectivity index (χ2n) is 1.05. The summed E-state index contributed by atoms with van der Waals surface area (Å²) in [5, 5.41) is 0.694. The van der Waals surface area contributed by atoms with Gasteiger partial charge in [0, 0.05) is 0 Å². The highest BCUT2D eigenvalue weighted by Gasteiger charge is 1.81. The number of hydrogen-bond acceptors (Lipinski definition) is 2. The molecule has 8 heavy (non-hydrogen) atoms. The number of aliphatic imine (C=N–C) groups is 1. The van der Waals surface area contributed by atoms with Gasteiger partial charge in [-0.05, 0) is 6.08 Å². The van der Waals surface area contributed by atoms with E-state index in [1.54, 1.807) is 0 Å². The summed E-state index contributed by atoms with van der Waals surface area (Å²) in [5.74, 6) is 0. The predicted octanol–water partition coefficient (Wildman–Crippen LogP) is 2.21. The third-order valence-electron chi connectivity index (χ3n) is 0.404. The zero-order chi connectivity index (χ0) is 6.57. The third kappa shape index (κ3) is 3.96. The molecule has 0 N–H and O–H groups in total. The molecular formula is C5H6ClNS. The van der Waals surface area contributed by atoms with Crippen LogP contribution in [0.25, 0.3) is 0 Å². The monoisotopic (exact) mass is 147 g/mol. The summed E-state index contributed by atoms with van der Waals surface area (Å²) in [6.07, 6.45) is 1.42. The van der Waals surface area contributed by atoms with Gasteiger partial charge in [-0.3, -0.25) is 0 Å². The Morgan fingerprint density at radius 1 is 1.75 bits per heavy atom. The Kier molecular flexibility index (Phi) is 3.65. The lowest BCUT2D eigenvalue weighted by atomic mass is 10.7. The average Bonchev–Trinajstić information content (AvgIpc) is 1.65. The minimum absolute atomic E-state index is 0.310. The van der Waals surface area contributed by atoms with Gasteiger partial charge < -0.3 is 0 Å². The molecule has 0 bridgehead atoms. The van der Waals surface area contributed by atoms with Crippen molar-refractivity contribution in [3.05, 3.63) is 24.3 Å². The smallest absolute Gasteiger partial charge is 0.129 e. The van der Waals surface area contributed by atoms with Crippen LogP contribution in [0.5, 0.6) is 0 Å². The van der Waals surface area contributed by atoms with E-state index in [1.165, 1.54) is 6.08 Å². The molecule has 44 valence electrons. The summed E-state index contributed by atoms with van der Waals surface area (Å²) < 4.78 is 0. The minimum Gasteiger partial charge on any atom is -0.231 e. The van der Waals surface area contributed by atoms with Gasteiger partial charge in [0.05, 0.1) is 5.03 Å². The molecule has 0 saturated carbocycles. The van der Waals surface area contributed by atoms with Gasteiger partial charge in [-0.1, -0.05) is 24.8 Å². The Morgan fingerprint density at radius 3 is 2.38 bits per heavy atom. The second-order valence-corrected chi connectivity index (χ2v) is 1.96. The first-order chi connectivity index (χ1) is 3.66. The maximum Gasteiger partial charge on any atom is 0.129 e. The Labute approximate surface area is 59.2 Å². The first-order valence-corrected chi connectivity index (χ1v) is 2.74. The van der Waals surface area contributed by atoms with Crippen LogP contribution in [0.2, 0.25) is 0 Å². The molecule has 0 atom stereocenters. The fourth-order valence-electron chi connectivity index (χ4n) is 0.169. The van der Waals surface area contributed by atoms with Crippen molar-refractivity contribution >= 4 is 29.4 Å². The van der Waals surface area contributed by atoms with Gasteiger partial charge in [0.15, 0.2) is 0 Å². The molecule has 0 aliphatic heterocycles. The summed E-state index contributed by atoms with van der Waals surface area (Å²) in [7, 11) is 0. The van der Waals surface area contributed by atoms with Gasteiger partial charge in [0.2, 0.25) is 0 Å². The Morgan fingerprint density at radius 2 is 2.25 bits per heavy atom. The number of hydrogen-bond donors (Lipinski definition) is 1. The first kappa shape index (κ1) is 7.79. The quantitative estimate of drug-likeness (QED) is 0.454. The van der Waals surface area contributed by atoms with E-state index in [0.29, 0.717) is 10.2 Å². The van der Waals surface area contributed by atoms with Crippen LogP contribution < -0.4 is 0 Å². The van der Waals surface area contributed by atoms with Gasteiger partial charge in [-0.15, -0.1) is 12.6 Å². The van der Waals surface area contributed by atoms with Crippen LogP contribution in [-0.2, 0) is 0 Å². The molecule has 0 aromatic heterocycles. The van der Waals surface area contributed by atoms with E-state index in [-0.39, 0.29) is 0 Å². The van der Waals surface area contributed by atoms with E-state index in [0.717, 1.165) is 0 Å². The molecule has 0 heterocycles. The van der Waals surface area contributed by atoms with E-state index < -0.39 is 0 Å². The molecule has 0 aliphatic rings. The highest BCUT2D eigenvalue weighted by Crippen LogP contribution is 1.99. The van der Waals surface area contributed by atoms with Gasteiger partial charge in [-0.25, -0.2) is 4.99 Å². The summed E-state index contributed by atoms with van der Waals surface area (Å²) >= 11 is 9.16. The van der Waals surface area contributed by atoms with Gasteiger partial charge in [-0.2, -0.15) is 0 Å². The summed E-state index contributed by atoms with van der Waals surface area (Å²) in [5.41, 5.74) is 0. The molecule has 1 nitrogen and oxygen atoms in total. The van der Waals surface area contributed by atoms with E-state index in [1.807, 2.05) is 0 Å². The van der Waals surface area contributed by atoms with Crippen LogP contribution in [0.15, 0.2) is 29.3 Å². The number of allylic oxidation sites excluding steroid dienone is 1. The summed E-state index contributed by atoms with van der Waals surface area (Å²) in [6.45, 7) is 6.76. The molecule has 0 aliphatic carbocycles. The third-order valence-corrected chi connectivity index (χ3v) is 0.743. The molecule has 0 saturated heterocycles. The fraction of sp³-hybridized carbons (Fsp3) is 0. The fourth-order valence-corrected chi connectivity index (χ4v) is 0.438. The zero-order valence-corrected chi connectivity index (χ0v) is 5.91. The van der Waals surface area contributed by atoms with E-state index >= 15 is 0 Å². The molecule has 0 fully saturated rings. The van der Waals surface area contributed by atoms with Crippen LogP contribution in [0.3, 0.4) is 0 Å². The zero-order valence-electron chi connectivity index (χ0n) is 4.26. The molecule has 3 heteroatoms. The number of thiol groups is 1. The largest absolute Gasteiger partial charge is 0.231 e. The van der Waals surface area contributed by atoms with Crippen LogP contribution in [0, 0.1) is 0 Å². The Bertz CT molecular complexity index is 139. The van der Waals surface area contributed by atoms with E-state index in [2.05, 4.69) is 30.8 Å². The summed E-state index contributed by atoms with van der Waals surface area (Å²) in [4.78, 5) is 3.63. The Balaban J connectivity index is 3.94. The highest BCUT2D eigenvalue weighted by molar-refractivity contribution is 7.84. The molecular weight excluding hydrogens is 142 g/mol. The predicted molar refractivity (Wildman–Crippen MR) is 41.6 cm³/mol. The van der Waals surface area contributed by atoms with Crippen molar-refractivity contribution in [3.8, 4) is 0 Å². The molecule has 0 rings (SSSR count). The van der Waals surface area contributed by atoms with Crippen molar-refractivity contribution in [2.45, 2.75) is 0 Å². The first-order valence-electron chi connectivity index (χ1n) is 1.91. The van der Waals surface area contributed by atoms with Crippen LogP contribution >= 0.6 is 24.2 Å². The van der Waals surface area contributed by atoms with Crippen molar-refractivity contribution in [1.82, 2.24) is 0 Å². The lowest BCUT2D eigenvalue weighted by Gasteiger charge is -1.84. The van der Waals surface area contributed by atoms with Gasteiger partial charge in [0.25, 0.3) is 0 Å². The molecule has 0 unspecified atom stereocenters. The lowest BCUT2D eigenvalue weighted by Crippen LogP contribution is -1.75. The van der Waals surface area contributed by atoms with Crippen LogP contribution in [-0.4, -0.2) is 5.17 Å². The molecule has 0 aromatic rings. The lowest BCUT2D eigenvalue weighted by molar-refractivity contribution is 1.58. The van der Waals surface area contributed by atoms with E-state index in [9.17, 15) is 0 Å². The van der Waals surface area contributed by atoms with Crippen LogP contribution in [0.4, 0.5) is 0 Å². The number of nitrogens with zero attached hydrogens (tertiary/aromatic N) is 1. The van der Waals surface area contributed by atoms with Crippen molar-refractivity contribution in [2.75, 3.05) is 0 Å². The Hall–Kier alpha value is -0.210. The highest BCUT2D eigenvalue weighted by atomic mass is 35.5. The topological polar surface area (TPSA) is 12.4 Å². The minimum atomic E-state index is 0.310. The van der Waals surface area contributed by atoms with Crippen LogP contribution in [0.1, 0.15) is 0 Å². The maximum atomic E-state index is 5.38. The van der Waals surface area contributed by atoms with Crippen molar-refractivity contribution < 1.29 is 0 Å². The van der Waals surface area contributed by atoms with Crippen molar-refractivity contribution in [3.63, 3.8) is 0 Å². The molecule has 0 amide bonds. The van der Waals surface area contributed by atoms with Gasteiger partial charge >= 0.3 is 0 Å². The van der Waals surface area contributed by atoms with Crippen molar-refractivity contribution in [2.24, 2.45) is 4.99 Å². The standard InChI is InChI=1S/C5H6ClNS/c1-3-5(6)7-4(2)8/h3,8H,1-2H2/b7-5+. The normalized spacial score (nSPS) is 11.0. The second kappa shape index (κ2) is 3.75. The van der Waals surface area contributed by atoms with Gasteiger partial charge in [0.1, 0.15) is 5.17 Å². The molecule has 0 radical (unpaired) electrons. The number of rotatable bonds is 2. The maximum absolute atomic E-state index is 5.38. The molecule has 0 spiro atoms. The van der Waals surface area contributed by atoms with Crippen molar-refractivity contribution in [1.29, 1.82) is 0 Å². The number of halogens is 1. The molecule has 0 aromatic carbocycles. The SMILES string of the molecule is C=C/C(Cl)=N\C(=C)S.